The third kappa shape index (κ3) is 4.01. The monoisotopic (exact) mass is 271 g/mol. The van der Waals surface area contributed by atoms with Crippen LogP contribution in [0.5, 0.6) is 0 Å². The Kier molecular flexibility index (Phi) is 4.69. The minimum Gasteiger partial charge on any atom is -0.329 e. The van der Waals surface area contributed by atoms with Crippen molar-refractivity contribution in [2.75, 3.05) is 16.6 Å². The molecule has 0 spiro atoms. The van der Waals surface area contributed by atoms with E-state index in [-0.39, 0.29) is 12.5 Å². The van der Waals surface area contributed by atoms with Crippen LogP contribution in [0.25, 0.3) is 0 Å². The van der Waals surface area contributed by atoms with Gasteiger partial charge in [0.25, 0.3) is 0 Å². The predicted octanol–water partition coefficient (Wildman–Crippen LogP) is 0.734. The van der Waals surface area contributed by atoms with Crippen LogP contribution in [0, 0.1) is 0 Å². The van der Waals surface area contributed by atoms with Crippen LogP contribution >= 0.6 is 0 Å². The topological polar surface area (TPSA) is 101 Å². The predicted molar refractivity (Wildman–Crippen MR) is 71.8 cm³/mol. The third-order valence-corrected chi connectivity index (χ3v) is 4.08. The Balaban J connectivity index is 2.89. The SMILES string of the molecule is CC(=O)Nc1cccc(NS(=O)(=O)C(C)CN)c1. The zero-order valence-electron chi connectivity index (χ0n) is 10.3. The number of carbonyl (C=O) groups excluding carboxylic acids is 1. The fourth-order valence-electron chi connectivity index (χ4n) is 1.26. The largest absolute Gasteiger partial charge is 0.329 e. The van der Waals surface area contributed by atoms with Crippen molar-refractivity contribution in [2.45, 2.75) is 19.1 Å². The van der Waals surface area contributed by atoms with Crippen molar-refractivity contribution in [1.82, 2.24) is 0 Å². The van der Waals surface area contributed by atoms with E-state index in [9.17, 15) is 13.2 Å². The standard InChI is InChI=1S/C11H17N3O3S/c1-8(7-12)18(16,17)14-11-5-3-4-10(6-11)13-9(2)15/h3-6,8,14H,7,12H2,1-2H3,(H,13,15). The van der Waals surface area contributed by atoms with Gasteiger partial charge in [-0.2, -0.15) is 0 Å². The molecule has 1 amide bonds. The molecule has 0 radical (unpaired) electrons. The van der Waals surface area contributed by atoms with Crippen LogP contribution in [0.4, 0.5) is 11.4 Å². The van der Waals surface area contributed by atoms with E-state index in [1.165, 1.54) is 13.8 Å². The molecule has 100 valence electrons. The zero-order chi connectivity index (χ0) is 13.8. The average Bonchev–Trinajstić information content (AvgIpc) is 2.26. The van der Waals surface area contributed by atoms with Crippen LogP contribution in [0.1, 0.15) is 13.8 Å². The third-order valence-electron chi connectivity index (χ3n) is 2.30. The van der Waals surface area contributed by atoms with Crippen LogP contribution in [-0.2, 0) is 14.8 Å². The van der Waals surface area contributed by atoms with Gasteiger partial charge in [0, 0.05) is 19.2 Å². The van der Waals surface area contributed by atoms with E-state index < -0.39 is 15.3 Å². The van der Waals surface area contributed by atoms with Crippen molar-refractivity contribution in [3.63, 3.8) is 0 Å². The fraction of sp³-hybridized carbons (Fsp3) is 0.364. The second-order valence-corrected chi connectivity index (χ2v) is 6.05. The summed E-state index contributed by atoms with van der Waals surface area (Å²) in [5, 5.41) is 1.90. The van der Waals surface area contributed by atoms with Crippen molar-refractivity contribution in [3.05, 3.63) is 24.3 Å². The van der Waals surface area contributed by atoms with E-state index in [4.69, 9.17) is 5.73 Å². The van der Waals surface area contributed by atoms with Gasteiger partial charge in [0.1, 0.15) is 0 Å². The summed E-state index contributed by atoms with van der Waals surface area (Å²) in [7, 11) is -3.50. The molecule has 1 atom stereocenters. The molecule has 1 aromatic carbocycles. The van der Waals surface area contributed by atoms with Gasteiger partial charge >= 0.3 is 0 Å². The van der Waals surface area contributed by atoms with E-state index in [0.717, 1.165) is 0 Å². The molecule has 0 aliphatic heterocycles. The number of sulfonamides is 1. The maximum Gasteiger partial charge on any atom is 0.236 e. The summed E-state index contributed by atoms with van der Waals surface area (Å²) in [6, 6.07) is 6.47. The number of nitrogens with one attached hydrogen (secondary N) is 2. The maximum atomic E-state index is 11.8. The molecule has 0 saturated carbocycles. The summed E-state index contributed by atoms with van der Waals surface area (Å²) in [6.45, 7) is 2.95. The van der Waals surface area contributed by atoms with Gasteiger partial charge in [-0.1, -0.05) is 6.07 Å². The van der Waals surface area contributed by atoms with Crippen LogP contribution < -0.4 is 15.8 Å². The van der Waals surface area contributed by atoms with Gasteiger partial charge in [-0.15, -0.1) is 0 Å². The number of nitrogens with two attached hydrogens (primary N) is 1. The Morgan fingerprint density at radius 2 is 2.00 bits per heavy atom. The Bertz CT molecular complexity index is 528. The maximum absolute atomic E-state index is 11.8. The molecule has 7 heteroatoms. The molecular weight excluding hydrogens is 254 g/mol. The molecule has 1 unspecified atom stereocenters. The van der Waals surface area contributed by atoms with Crippen molar-refractivity contribution < 1.29 is 13.2 Å². The van der Waals surface area contributed by atoms with Gasteiger partial charge in [-0.3, -0.25) is 9.52 Å². The Hall–Kier alpha value is -1.60. The molecule has 0 aromatic heterocycles. The van der Waals surface area contributed by atoms with Gasteiger partial charge in [-0.25, -0.2) is 8.42 Å². The summed E-state index contributed by atoms with van der Waals surface area (Å²) in [5.74, 6) is -0.217. The molecule has 0 aliphatic rings. The molecule has 0 bridgehead atoms. The Morgan fingerprint density at radius 1 is 1.39 bits per heavy atom. The van der Waals surface area contributed by atoms with Gasteiger partial charge in [-0.05, 0) is 25.1 Å². The van der Waals surface area contributed by atoms with E-state index in [2.05, 4.69) is 10.0 Å². The highest BCUT2D eigenvalue weighted by atomic mass is 32.2. The quantitative estimate of drug-likeness (QED) is 0.735. The molecule has 18 heavy (non-hydrogen) atoms. The second-order valence-electron chi connectivity index (χ2n) is 3.96. The second kappa shape index (κ2) is 5.83. The first-order valence-corrected chi connectivity index (χ1v) is 6.99. The number of carbonyl (C=O) groups is 1. The van der Waals surface area contributed by atoms with Gasteiger partial charge in [0.05, 0.1) is 10.9 Å². The summed E-state index contributed by atoms with van der Waals surface area (Å²) >= 11 is 0. The molecule has 0 heterocycles. The van der Waals surface area contributed by atoms with E-state index >= 15 is 0 Å². The number of hydrogen-bond acceptors (Lipinski definition) is 4. The lowest BCUT2D eigenvalue weighted by molar-refractivity contribution is -0.114. The number of hydrogen-bond donors (Lipinski definition) is 3. The minimum atomic E-state index is -3.50. The van der Waals surface area contributed by atoms with Crippen LogP contribution in [0.3, 0.4) is 0 Å². The lowest BCUT2D eigenvalue weighted by Crippen LogP contribution is -2.31. The number of anilines is 2. The van der Waals surface area contributed by atoms with Crippen molar-refractivity contribution in [2.24, 2.45) is 5.73 Å². The highest BCUT2D eigenvalue weighted by Crippen LogP contribution is 2.17. The van der Waals surface area contributed by atoms with Crippen LogP contribution in [-0.4, -0.2) is 26.1 Å². The minimum absolute atomic E-state index is 0.0424. The van der Waals surface area contributed by atoms with E-state index in [1.807, 2.05) is 0 Å². The van der Waals surface area contributed by atoms with Gasteiger partial charge in [0.2, 0.25) is 15.9 Å². The molecule has 1 aromatic rings. The Morgan fingerprint density at radius 3 is 2.56 bits per heavy atom. The van der Waals surface area contributed by atoms with E-state index in [0.29, 0.717) is 11.4 Å². The molecule has 4 N–H and O–H groups in total. The van der Waals surface area contributed by atoms with Gasteiger partial charge in [0.15, 0.2) is 0 Å². The molecule has 1 rings (SSSR count). The van der Waals surface area contributed by atoms with Crippen molar-refractivity contribution in [1.29, 1.82) is 0 Å². The lowest BCUT2D eigenvalue weighted by atomic mass is 10.3. The first kappa shape index (κ1) is 14.5. The highest BCUT2D eigenvalue weighted by molar-refractivity contribution is 7.93. The fourth-order valence-corrected chi connectivity index (χ4v) is 2.17. The summed E-state index contributed by atoms with van der Waals surface area (Å²) < 4.78 is 26.0. The molecule has 0 saturated heterocycles. The highest BCUT2D eigenvalue weighted by Gasteiger charge is 2.18. The van der Waals surface area contributed by atoms with Crippen molar-refractivity contribution in [3.8, 4) is 0 Å². The average molecular weight is 271 g/mol. The summed E-state index contributed by atoms with van der Waals surface area (Å²) in [5.41, 5.74) is 6.25. The number of benzene rings is 1. The molecule has 6 nitrogen and oxygen atoms in total. The number of rotatable bonds is 5. The zero-order valence-corrected chi connectivity index (χ0v) is 11.1. The normalized spacial score (nSPS) is 12.8. The molecule has 0 fully saturated rings. The van der Waals surface area contributed by atoms with Crippen molar-refractivity contribution >= 4 is 27.3 Å². The summed E-state index contributed by atoms with van der Waals surface area (Å²) in [6.07, 6.45) is 0. The smallest absolute Gasteiger partial charge is 0.236 e. The van der Waals surface area contributed by atoms with Crippen LogP contribution in [0.15, 0.2) is 24.3 Å². The number of amides is 1. The first-order valence-electron chi connectivity index (χ1n) is 5.44. The van der Waals surface area contributed by atoms with Crippen LogP contribution in [0.2, 0.25) is 0 Å². The summed E-state index contributed by atoms with van der Waals surface area (Å²) in [4.78, 5) is 10.9. The van der Waals surface area contributed by atoms with E-state index in [1.54, 1.807) is 24.3 Å². The lowest BCUT2D eigenvalue weighted by Gasteiger charge is -2.13. The first-order chi connectivity index (χ1) is 8.35. The van der Waals surface area contributed by atoms with Gasteiger partial charge < -0.3 is 11.1 Å². The Labute approximate surface area is 107 Å². The molecular formula is C11H17N3O3S. The molecule has 0 aliphatic carbocycles.